The molecular formula is C23H17ClN2O3. The van der Waals surface area contributed by atoms with Crippen molar-refractivity contribution in [2.24, 2.45) is 0 Å². The van der Waals surface area contributed by atoms with Crippen molar-refractivity contribution in [3.63, 3.8) is 0 Å². The van der Waals surface area contributed by atoms with Crippen molar-refractivity contribution in [1.29, 1.82) is 0 Å². The van der Waals surface area contributed by atoms with Crippen LogP contribution in [-0.4, -0.2) is 18.9 Å². The van der Waals surface area contributed by atoms with E-state index >= 15 is 0 Å². The highest BCUT2D eigenvalue weighted by atomic mass is 35.5. The lowest BCUT2D eigenvalue weighted by Gasteiger charge is -2.15. The summed E-state index contributed by atoms with van der Waals surface area (Å²) in [4.78, 5) is 27.7. The van der Waals surface area contributed by atoms with Crippen LogP contribution >= 0.6 is 11.6 Å². The van der Waals surface area contributed by atoms with Gasteiger partial charge in [-0.05, 0) is 42.0 Å². The summed E-state index contributed by atoms with van der Waals surface area (Å²) in [6.45, 7) is 0. The summed E-state index contributed by atoms with van der Waals surface area (Å²) < 4.78 is 5.25. The predicted octanol–water partition coefficient (Wildman–Crippen LogP) is 4.75. The average molecular weight is 405 g/mol. The molecule has 1 heterocycles. The van der Waals surface area contributed by atoms with Crippen molar-refractivity contribution >= 4 is 40.4 Å². The van der Waals surface area contributed by atoms with Crippen LogP contribution in [0.2, 0.25) is 5.02 Å². The van der Waals surface area contributed by atoms with Crippen molar-refractivity contribution in [2.75, 3.05) is 17.3 Å². The monoisotopic (exact) mass is 404 g/mol. The lowest BCUT2D eigenvalue weighted by atomic mass is 10.0. The van der Waals surface area contributed by atoms with Crippen LogP contribution in [0.5, 0.6) is 5.75 Å². The van der Waals surface area contributed by atoms with Gasteiger partial charge in [-0.3, -0.25) is 9.59 Å². The number of benzene rings is 3. The molecule has 0 aromatic heterocycles. The minimum atomic E-state index is -0.422. The molecule has 0 atom stereocenters. The summed E-state index contributed by atoms with van der Waals surface area (Å²) in [5.41, 5.74) is 2.25. The van der Waals surface area contributed by atoms with Gasteiger partial charge in [-0.15, -0.1) is 0 Å². The number of amides is 2. The highest BCUT2D eigenvalue weighted by Crippen LogP contribution is 2.34. The first-order valence-corrected chi connectivity index (χ1v) is 9.31. The zero-order chi connectivity index (χ0) is 20.4. The molecule has 1 N–H and O–H groups in total. The molecule has 29 heavy (non-hydrogen) atoms. The Labute approximate surface area is 173 Å². The Bertz CT molecular complexity index is 1110. The van der Waals surface area contributed by atoms with Gasteiger partial charge in [0.2, 0.25) is 0 Å². The van der Waals surface area contributed by atoms with Crippen LogP contribution in [-0.2, 0) is 9.59 Å². The maximum atomic E-state index is 13.3. The second kappa shape index (κ2) is 7.81. The Morgan fingerprint density at radius 3 is 2.28 bits per heavy atom. The van der Waals surface area contributed by atoms with Crippen molar-refractivity contribution in [3.8, 4) is 5.75 Å². The summed E-state index contributed by atoms with van der Waals surface area (Å²) in [5, 5.41) is 3.66. The van der Waals surface area contributed by atoms with Gasteiger partial charge in [-0.2, -0.15) is 0 Å². The molecule has 1 aliphatic heterocycles. The number of carbonyl (C=O) groups excluding carboxylic acids is 2. The van der Waals surface area contributed by atoms with Crippen LogP contribution in [0.1, 0.15) is 5.56 Å². The van der Waals surface area contributed by atoms with Crippen molar-refractivity contribution in [1.82, 2.24) is 0 Å². The van der Waals surface area contributed by atoms with Gasteiger partial charge in [0.25, 0.3) is 11.8 Å². The maximum Gasteiger partial charge on any atom is 0.282 e. The third-order valence-corrected chi connectivity index (χ3v) is 4.82. The predicted molar refractivity (Wildman–Crippen MR) is 114 cm³/mol. The second-order valence-corrected chi connectivity index (χ2v) is 6.83. The molecule has 0 aliphatic carbocycles. The number of methoxy groups -OCH3 is 1. The number of nitrogens with one attached hydrogen (secondary N) is 1. The lowest BCUT2D eigenvalue weighted by Crippen LogP contribution is -2.32. The first kappa shape index (κ1) is 18.8. The first-order valence-electron chi connectivity index (χ1n) is 8.93. The third-order valence-electron chi connectivity index (χ3n) is 4.57. The molecule has 3 aromatic rings. The van der Waals surface area contributed by atoms with E-state index in [9.17, 15) is 9.59 Å². The van der Waals surface area contributed by atoms with E-state index < -0.39 is 11.8 Å². The zero-order valence-electron chi connectivity index (χ0n) is 15.6. The molecule has 0 radical (unpaired) electrons. The number of nitrogens with zero attached hydrogens (tertiary/aromatic N) is 1. The van der Waals surface area contributed by atoms with Crippen LogP contribution in [0.3, 0.4) is 0 Å². The van der Waals surface area contributed by atoms with Gasteiger partial charge in [-0.1, -0.05) is 48.0 Å². The van der Waals surface area contributed by atoms with Crippen LogP contribution in [0, 0.1) is 0 Å². The van der Waals surface area contributed by atoms with Crippen LogP contribution in [0.25, 0.3) is 5.57 Å². The molecule has 1 aliphatic rings. The number of halogens is 1. The maximum absolute atomic E-state index is 13.3. The minimum Gasteiger partial charge on any atom is -0.497 e. The Morgan fingerprint density at radius 1 is 0.862 bits per heavy atom. The van der Waals surface area contributed by atoms with Gasteiger partial charge < -0.3 is 10.1 Å². The molecule has 0 fully saturated rings. The number of carbonyl (C=O) groups is 2. The largest absolute Gasteiger partial charge is 0.497 e. The van der Waals surface area contributed by atoms with Gasteiger partial charge in [-0.25, -0.2) is 4.90 Å². The van der Waals surface area contributed by atoms with E-state index in [-0.39, 0.29) is 5.70 Å². The normalized spacial score (nSPS) is 13.8. The van der Waals surface area contributed by atoms with Gasteiger partial charge >= 0.3 is 0 Å². The summed E-state index contributed by atoms with van der Waals surface area (Å²) in [6, 6.07) is 22.9. The van der Waals surface area contributed by atoms with E-state index in [0.29, 0.717) is 33.3 Å². The smallest absolute Gasteiger partial charge is 0.282 e. The third kappa shape index (κ3) is 3.60. The Morgan fingerprint density at radius 2 is 1.59 bits per heavy atom. The molecule has 0 bridgehead atoms. The first-order chi connectivity index (χ1) is 14.1. The molecule has 0 spiro atoms. The van der Waals surface area contributed by atoms with Crippen molar-refractivity contribution < 1.29 is 14.3 Å². The van der Waals surface area contributed by atoms with Gasteiger partial charge in [0.15, 0.2) is 0 Å². The van der Waals surface area contributed by atoms with Crippen LogP contribution in [0.15, 0.2) is 84.6 Å². The Hall–Kier alpha value is -3.57. The number of ether oxygens (including phenoxy) is 1. The van der Waals surface area contributed by atoms with Crippen molar-refractivity contribution in [2.45, 2.75) is 0 Å². The molecule has 2 amide bonds. The topological polar surface area (TPSA) is 58.6 Å². The lowest BCUT2D eigenvalue weighted by molar-refractivity contribution is -0.120. The molecule has 0 saturated carbocycles. The fourth-order valence-electron chi connectivity index (χ4n) is 3.19. The standard InChI is InChI=1S/C23H17ClN2O3/c1-29-19-9-5-6-17(14-19)25-21-20(15-10-12-16(24)13-11-15)22(27)26(23(21)28)18-7-3-2-4-8-18/h2-14,25H,1H3. The molecule has 144 valence electrons. The highest BCUT2D eigenvalue weighted by molar-refractivity contribution is 6.46. The van der Waals surface area contributed by atoms with Gasteiger partial charge in [0.05, 0.1) is 18.4 Å². The van der Waals surface area contributed by atoms with E-state index in [1.165, 1.54) is 4.90 Å². The minimum absolute atomic E-state index is 0.203. The fourth-order valence-corrected chi connectivity index (χ4v) is 3.31. The molecule has 0 unspecified atom stereocenters. The van der Waals surface area contributed by atoms with E-state index in [2.05, 4.69) is 5.32 Å². The van der Waals surface area contributed by atoms with Crippen LogP contribution < -0.4 is 15.0 Å². The van der Waals surface area contributed by atoms with E-state index in [1.54, 1.807) is 79.9 Å². The molecule has 0 saturated heterocycles. The van der Waals surface area contributed by atoms with E-state index in [4.69, 9.17) is 16.3 Å². The average Bonchev–Trinajstić information content (AvgIpc) is 2.99. The van der Waals surface area contributed by atoms with Crippen molar-refractivity contribution in [3.05, 3.63) is 95.1 Å². The number of imide groups is 1. The Balaban J connectivity index is 1.81. The molecule has 5 nitrogen and oxygen atoms in total. The SMILES string of the molecule is COc1cccc(NC2=C(c3ccc(Cl)cc3)C(=O)N(c3ccccc3)C2=O)c1. The fraction of sp³-hybridized carbons (Fsp3) is 0.0435. The number of hydrogen-bond acceptors (Lipinski definition) is 4. The van der Waals surface area contributed by atoms with E-state index in [1.807, 2.05) is 6.07 Å². The molecule has 3 aromatic carbocycles. The van der Waals surface area contributed by atoms with Gasteiger partial charge in [0, 0.05) is 16.8 Å². The Kier molecular flexibility index (Phi) is 5.06. The molecule has 4 rings (SSSR count). The summed E-state index contributed by atoms with van der Waals surface area (Å²) in [6.07, 6.45) is 0. The highest BCUT2D eigenvalue weighted by Gasteiger charge is 2.40. The summed E-state index contributed by atoms with van der Waals surface area (Å²) >= 11 is 6.00. The van der Waals surface area contributed by atoms with Gasteiger partial charge in [0.1, 0.15) is 11.4 Å². The molecule has 6 heteroatoms. The zero-order valence-corrected chi connectivity index (χ0v) is 16.3. The number of para-hydroxylation sites is 1. The number of rotatable bonds is 5. The van der Waals surface area contributed by atoms with E-state index in [0.717, 1.165) is 0 Å². The molecular weight excluding hydrogens is 388 g/mol. The number of anilines is 2. The second-order valence-electron chi connectivity index (χ2n) is 6.40. The summed E-state index contributed by atoms with van der Waals surface area (Å²) in [7, 11) is 1.57. The quantitative estimate of drug-likeness (QED) is 0.624. The summed E-state index contributed by atoms with van der Waals surface area (Å²) in [5.74, 6) is -0.178. The van der Waals surface area contributed by atoms with Crippen LogP contribution in [0.4, 0.5) is 11.4 Å². The number of hydrogen-bond donors (Lipinski definition) is 1.